The van der Waals surface area contributed by atoms with E-state index in [1.165, 1.54) is 31.7 Å². The highest BCUT2D eigenvalue weighted by atomic mass is 19.1. The predicted molar refractivity (Wildman–Crippen MR) is 183 cm³/mol. The lowest BCUT2D eigenvalue weighted by molar-refractivity contribution is 0.0755. The third-order valence-corrected chi connectivity index (χ3v) is 7.85. The summed E-state index contributed by atoms with van der Waals surface area (Å²) in [5.74, 6) is -2.23. The molecule has 3 aromatic carbocycles. The van der Waals surface area contributed by atoms with Crippen LogP contribution in [-0.2, 0) is 24.2 Å². The molecule has 0 saturated heterocycles. The van der Waals surface area contributed by atoms with Gasteiger partial charge in [0.1, 0.15) is 17.9 Å². The van der Waals surface area contributed by atoms with Crippen LogP contribution in [0.15, 0.2) is 77.5 Å². The zero-order valence-corrected chi connectivity index (χ0v) is 28.4. The lowest BCUT2D eigenvalue weighted by atomic mass is 9.99. The van der Waals surface area contributed by atoms with Crippen molar-refractivity contribution in [2.45, 2.75) is 58.3 Å². The summed E-state index contributed by atoms with van der Waals surface area (Å²) >= 11 is 0. The van der Waals surface area contributed by atoms with E-state index < -0.39 is 35.8 Å². The standard InChI is InChI=1S/C37H43F2N5O6/c1-4-10-44(11-5-2)36(47)29-18-27(17-28(19-29)35-41-9-12-50-35)34(46)43-32(16-26-14-30(38)20-31(39)15-26)33(45)23-40-21-24-7-6-8-25(13-24)22-42-37(48)49-3/h6-9,12-15,17-20,32-33,40,45H,4-5,10-11,16,21-23H2,1-3H3,(H,42,48)(H,43,46)/t32-,33+/m0/s1. The minimum atomic E-state index is -1.20. The average molecular weight is 692 g/mol. The van der Waals surface area contributed by atoms with Crippen molar-refractivity contribution in [3.8, 4) is 11.5 Å². The molecule has 4 N–H and O–H groups in total. The number of oxazole rings is 1. The van der Waals surface area contributed by atoms with Gasteiger partial charge >= 0.3 is 6.09 Å². The van der Waals surface area contributed by atoms with Gasteiger partial charge in [-0.25, -0.2) is 18.6 Å². The van der Waals surface area contributed by atoms with E-state index in [2.05, 4.69) is 25.7 Å². The number of aliphatic hydroxyl groups excluding tert-OH is 1. The number of amides is 3. The second-order valence-corrected chi connectivity index (χ2v) is 11.9. The summed E-state index contributed by atoms with van der Waals surface area (Å²) in [4.78, 5) is 44.8. The highest BCUT2D eigenvalue weighted by Gasteiger charge is 2.25. The van der Waals surface area contributed by atoms with Crippen molar-refractivity contribution in [1.29, 1.82) is 0 Å². The Kier molecular flexibility index (Phi) is 14.0. The normalized spacial score (nSPS) is 12.2. The van der Waals surface area contributed by atoms with E-state index in [0.717, 1.165) is 42.2 Å². The van der Waals surface area contributed by atoms with Crippen molar-refractivity contribution in [3.63, 3.8) is 0 Å². The second-order valence-electron chi connectivity index (χ2n) is 11.9. The fourth-order valence-corrected chi connectivity index (χ4v) is 5.53. The fourth-order valence-electron chi connectivity index (χ4n) is 5.53. The van der Waals surface area contributed by atoms with Crippen LogP contribution >= 0.6 is 0 Å². The molecule has 0 saturated carbocycles. The number of alkyl carbamates (subject to hydrolysis) is 1. The molecule has 4 rings (SSSR count). The fraction of sp³-hybridized carbons (Fsp3) is 0.351. The number of nitrogens with zero attached hydrogens (tertiary/aromatic N) is 2. The molecule has 0 aliphatic rings. The van der Waals surface area contributed by atoms with E-state index in [0.29, 0.717) is 25.2 Å². The van der Waals surface area contributed by atoms with Gasteiger partial charge in [-0.05, 0) is 66.3 Å². The van der Waals surface area contributed by atoms with Crippen LogP contribution in [0.2, 0.25) is 0 Å². The Morgan fingerprint density at radius 1 is 0.920 bits per heavy atom. The first-order chi connectivity index (χ1) is 24.1. The van der Waals surface area contributed by atoms with Crippen LogP contribution in [0, 0.1) is 11.6 Å². The van der Waals surface area contributed by atoms with E-state index in [1.54, 1.807) is 11.0 Å². The molecule has 4 aromatic rings. The summed E-state index contributed by atoms with van der Waals surface area (Å²) in [5.41, 5.74) is 2.74. The first-order valence-electron chi connectivity index (χ1n) is 16.5. The number of rotatable bonds is 17. The molecule has 0 aliphatic heterocycles. The zero-order valence-electron chi connectivity index (χ0n) is 28.4. The number of methoxy groups -OCH3 is 1. The van der Waals surface area contributed by atoms with Gasteiger partial charge in [0.2, 0.25) is 5.89 Å². The molecule has 2 atom stereocenters. The molecule has 50 heavy (non-hydrogen) atoms. The average Bonchev–Trinajstić information content (AvgIpc) is 3.65. The van der Waals surface area contributed by atoms with Gasteiger partial charge in [-0.15, -0.1) is 0 Å². The number of carbonyl (C=O) groups is 3. The summed E-state index contributed by atoms with van der Waals surface area (Å²) in [5, 5.41) is 19.9. The first kappa shape index (κ1) is 37.7. The SMILES string of the molecule is CCCN(CCC)C(=O)c1cc(C(=O)N[C@@H](Cc2cc(F)cc(F)c2)[C@H](O)CNCc2cccc(CNC(=O)OC)c2)cc(-c2ncco2)c1. The molecular weight excluding hydrogens is 648 g/mol. The minimum absolute atomic E-state index is 0.0104. The van der Waals surface area contributed by atoms with Crippen LogP contribution in [0.5, 0.6) is 0 Å². The summed E-state index contributed by atoms with van der Waals surface area (Å²) in [6.07, 6.45) is 2.51. The number of nitrogens with one attached hydrogen (secondary N) is 3. The lowest BCUT2D eigenvalue weighted by Gasteiger charge is -2.25. The van der Waals surface area contributed by atoms with Crippen LogP contribution < -0.4 is 16.0 Å². The Labute approximate surface area is 290 Å². The molecule has 0 fully saturated rings. The summed E-state index contributed by atoms with van der Waals surface area (Å²) < 4.78 is 38.4. The van der Waals surface area contributed by atoms with Crippen molar-refractivity contribution in [2.75, 3.05) is 26.7 Å². The Morgan fingerprint density at radius 3 is 2.24 bits per heavy atom. The molecule has 266 valence electrons. The quantitative estimate of drug-likeness (QED) is 0.118. The van der Waals surface area contributed by atoms with Gasteiger partial charge < -0.3 is 35.1 Å². The number of benzene rings is 3. The van der Waals surface area contributed by atoms with Gasteiger partial charge in [0, 0.05) is 55.5 Å². The van der Waals surface area contributed by atoms with Gasteiger partial charge in [-0.2, -0.15) is 0 Å². The van der Waals surface area contributed by atoms with Crippen LogP contribution in [0.4, 0.5) is 13.6 Å². The second kappa shape index (κ2) is 18.6. The predicted octanol–water partition coefficient (Wildman–Crippen LogP) is 5.23. The summed E-state index contributed by atoms with van der Waals surface area (Å²) in [7, 11) is 1.28. The highest BCUT2D eigenvalue weighted by molar-refractivity contribution is 6.01. The first-order valence-corrected chi connectivity index (χ1v) is 16.5. The molecule has 11 nitrogen and oxygen atoms in total. The number of ether oxygens (including phenoxy) is 1. The Balaban J connectivity index is 1.56. The smallest absolute Gasteiger partial charge is 0.407 e. The molecule has 0 aliphatic carbocycles. The number of carbonyl (C=O) groups excluding carboxylic acids is 3. The van der Waals surface area contributed by atoms with Gasteiger partial charge in [-0.1, -0.05) is 38.1 Å². The molecule has 0 radical (unpaired) electrons. The highest BCUT2D eigenvalue weighted by Crippen LogP contribution is 2.23. The van der Waals surface area contributed by atoms with Crippen molar-refractivity contribution in [1.82, 2.24) is 25.8 Å². The molecule has 0 bridgehead atoms. The van der Waals surface area contributed by atoms with Crippen LogP contribution in [0.3, 0.4) is 0 Å². The molecule has 13 heteroatoms. The molecule has 0 unspecified atom stereocenters. The van der Waals surface area contributed by atoms with E-state index in [-0.39, 0.29) is 48.0 Å². The van der Waals surface area contributed by atoms with E-state index in [1.807, 2.05) is 38.1 Å². The van der Waals surface area contributed by atoms with E-state index >= 15 is 0 Å². The molecule has 3 amide bonds. The number of hydrogen-bond acceptors (Lipinski definition) is 8. The molecule has 1 aromatic heterocycles. The molecule has 0 spiro atoms. The van der Waals surface area contributed by atoms with E-state index in [9.17, 15) is 28.3 Å². The maximum atomic E-state index is 14.1. The Bertz CT molecular complexity index is 1710. The third-order valence-electron chi connectivity index (χ3n) is 7.85. The largest absolute Gasteiger partial charge is 0.453 e. The lowest BCUT2D eigenvalue weighted by Crippen LogP contribution is -2.48. The number of hydrogen-bond donors (Lipinski definition) is 4. The third kappa shape index (κ3) is 10.9. The Morgan fingerprint density at radius 2 is 1.60 bits per heavy atom. The monoisotopic (exact) mass is 691 g/mol. The molecule has 1 heterocycles. The van der Waals surface area contributed by atoms with Crippen LogP contribution in [0.1, 0.15) is 64.1 Å². The van der Waals surface area contributed by atoms with Crippen LogP contribution in [0.25, 0.3) is 11.5 Å². The topological polar surface area (TPSA) is 146 Å². The Hall–Kier alpha value is -5.14. The van der Waals surface area contributed by atoms with Crippen molar-refractivity contribution in [3.05, 3.63) is 113 Å². The van der Waals surface area contributed by atoms with Crippen LogP contribution in [-0.4, -0.2) is 71.8 Å². The minimum Gasteiger partial charge on any atom is -0.453 e. The van der Waals surface area contributed by atoms with Crippen molar-refractivity contribution >= 4 is 17.9 Å². The zero-order chi connectivity index (χ0) is 36.0. The van der Waals surface area contributed by atoms with Gasteiger partial charge in [0.25, 0.3) is 11.8 Å². The maximum absolute atomic E-state index is 14.1. The summed E-state index contributed by atoms with van der Waals surface area (Å²) in [6, 6.07) is 14.1. The van der Waals surface area contributed by atoms with Crippen molar-refractivity contribution in [2.24, 2.45) is 0 Å². The van der Waals surface area contributed by atoms with Gasteiger partial charge in [-0.3, -0.25) is 9.59 Å². The number of aromatic nitrogens is 1. The van der Waals surface area contributed by atoms with Gasteiger partial charge in [0.05, 0.1) is 25.5 Å². The van der Waals surface area contributed by atoms with Crippen molar-refractivity contribution < 1.29 is 37.4 Å². The number of aliphatic hydroxyl groups is 1. The summed E-state index contributed by atoms with van der Waals surface area (Å²) in [6.45, 7) is 5.65. The number of halogens is 2. The van der Waals surface area contributed by atoms with Gasteiger partial charge in [0.15, 0.2) is 0 Å². The maximum Gasteiger partial charge on any atom is 0.407 e. The van der Waals surface area contributed by atoms with E-state index in [4.69, 9.17) is 4.42 Å². The molecular formula is C37H43F2N5O6.